The number of rotatable bonds is 5. The summed E-state index contributed by atoms with van der Waals surface area (Å²) in [5.74, 6) is 3.24. The van der Waals surface area contributed by atoms with Gasteiger partial charge in [-0.2, -0.15) is 0 Å². The van der Waals surface area contributed by atoms with Crippen molar-refractivity contribution in [2.24, 2.45) is 17.8 Å². The van der Waals surface area contributed by atoms with E-state index in [-0.39, 0.29) is 0 Å². The quantitative estimate of drug-likeness (QED) is 0.692. The van der Waals surface area contributed by atoms with Gasteiger partial charge in [-0.3, -0.25) is 4.79 Å². The van der Waals surface area contributed by atoms with Crippen LogP contribution in [-0.2, 0) is 9.53 Å². The number of ether oxygens (including phenoxy) is 1. The Morgan fingerprint density at radius 3 is 2.22 bits per heavy atom. The van der Waals surface area contributed by atoms with Crippen LogP contribution in [0.5, 0.6) is 0 Å². The van der Waals surface area contributed by atoms with Crippen LogP contribution in [0.2, 0.25) is 0 Å². The Labute approximate surface area is 111 Å². The molecule has 0 heterocycles. The molecule has 0 unspecified atom stereocenters. The minimum atomic E-state index is 0.500. The molecule has 2 aliphatic carbocycles. The fourth-order valence-electron chi connectivity index (χ4n) is 3.90. The van der Waals surface area contributed by atoms with Crippen LogP contribution in [-0.4, -0.2) is 19.5 Å². The first kappa shape index (κ1) is 14.0. The lowest BCUT2D eigenvalue weighted by Gasteiger charge is -2.35. The van der Waals surface area contributed by atoms with Crippen LogP contribution in [0.15, 0.2) is 0 Å². The van der Waals surface area contributed by atoms with Gasteiger partial charge in [0.25, 0.3) is 0 Å². The molecular formula is C16H28O2. The van der Waals surface area contributed by atoms with Gasteiger partial charge in [-0.05, 0) is 56.3 Å². The zero-order valence-electron chi connectivity index (χ0n) is 11.8. The van der Waals surface area contributed by atoms with E-state index in [2.05, 4.69) is 0 Å². The smallest absolute Gasteiger partial charge is 0.132 e. The number of hydrogen-bond acceptors (Lipinski definition) is 2. The van der Waals surface area contributed by atoms with Crippen LogP contribution < -0.4 is 0 Å². The molecule has 0 spiro atoms. The molecule has 2 aliphatic rings. The molecule has 0 aromatic heterocycles. The molecule has 0 bridgehead atoms. The van der Waals surface area contributed by atoms with Gasteiger partial charge in [0.1, 0.15) is 5.78 Å². The Morgan fingerprint density at radius 2 is 1.61 bits per heavy atom. The van der Waals surface area contributed by atoms with Crippen molar-refractivity contribution in [1.82, 2.24) is 0 Å². The van der Waals surface area contributed by atoms with Crippen LogP contribution in [0.25, 0.3) is 0 Å². The van der Waals surface area contributed by atoms with Crippen LogP contribution in [0.1, 0.15) is 64.2 Å². The van der Waals surface area contributed by atoms with E-state index in [0.29, 0.717) is 5.78 Å². The molecule has 0 amide bonds. The van der Waals surface area contributed by atoms with Crippen LogP contribution in [0, 0.1) is 17.8 Å². The largest absolute Gasteiger partial charge is 0.385 e. The van der Waals surface area contributed by atoms with Gasteiger partial charge in [-0.15, -0.1) is 0 Å². The topological polar surface area (TPSA) is 26.3 Å². The number of ketones is 1. The predicted molar refractivity (Wildman–Crippen MR) is 73.5 cm³/mol. The monoisotopic (exact) mass is 252 g/mol. The van der Waals surface area contributed by atoms with E-state index < -0.39 is 0 Å². The van der Waals surface area contributed by atoms with Crippen molar-refractivity contribution in [3.8, 4) is 0 Å². The number of carbonyl (C=O) groups is 1. The van der Waals surface area contributed by atoms with E-state index in [1.54, 1.807) is 7.11 Å². The molecule has 2 fully saturated rings. The van der Waals surface area contributed by atoms with Gasteiger partial charge < -0.3 is 4.74 Å². The van der Waals surface area contributed by atoms with Gasteiger partial charge in [0.2, 0.25) is 0 Å². The Morgan fingerprint density at radius 1 is 1.00 bits per heavy atom. The van der Waals surface area contributed by atoms with Crippen LogP contribution in [0.3, 0.4) is 0 Å². The summed E-state index contributed by atoms with van der Waals surface area (Å²) in [4.78, 5) is 11.3. The highest BCUT2D eigenvalue weighted by Gasteiger charge is 2.29. The first-order valence-corrected chi connectivity index (χ1v) is 7.80. The lowest BCUT2D eigenvalue weighted by Crippen LogP contribution is -2.25. The standard InChI is InChI=1S/C16H28O2/c1-18-12-2-3-13-4-6-14(7-5-13)15-8-10-16(17)11-9-15/h13-15H,2-12H2,1H3/t13-,14-. The zero-order chi connectivity index (χ0) is 12.8. The normalized spacial score (nSPS) is 30.6. The first-order valence-electron chi connectivity index (χ1n) is 7.80. The second kappa shape index (κ2) is 7.28. The number of methoxy groups -OCH3 is 1. The molecule has 0 aromatic carbocycles. The maximum Gasteiger partial charge on any atom is 0.132 e. The van der Waals surface area contributed by atoms with Crippen LogP contribution >= 0.6 is 0 Å². The Kier molecular flexibility index (Phi) is 5.68. The third-order valence-electron chi connectivity index (χ3n) is 5.11. The predicted octanol–water partition coefficient (Wildman–Crippen LogP) is 3.98. The summed E-state index contributed by atoms with van der Waals surface area (Å²) in [5, 5.41) is 0. The lowest BCUT2D eigenvalue weighted by molar-refractivity contribution is -0.121. The summed E-state index contributed by atoms with van der Waals surface area (Å²) in [5.41, 5.74) is 0. The molecule has 0 N–H and O–H groups in total. The highest BCUT2D eigenvalue weighted by molar-refractivity contribution is 5.79. The number of carbonyl (C=O) groups excluding carboxylic acids is 1. The molecule has 0 radical (unpaired) electrons. The molecule has 2 nitrogen and oxygen atoms in total. The number of Topliss-reactive ketones (excluding diaryl/α,β-unsaturated/α-hetero) is 1. The van der Waals surface area contributed by atoms with Gasteiger partial charge in [-0.25, -0.2) is 0 Å². The van der Waals surface area contributed by atoms with Crippen molar-refractivity contribution >= 4 is 5.78 Å². The van der Waals surface area contributed by atoms with Crippen molar-refractivity contribution < 1.29 is 9.53 Å². The zero-order valence-corrected chi connectivity index (χ0v) is 11.8. The van der Waals surface area contributed by atoms with E-state index in [1.807, 2.05) is 0 Å². The Hall–Kier alpha value is -0.370. The molecule has 0 atom stereocenters. The summed E-state index contributed by atoms with van der Waals surface area (Å²) in [6.45, 7) is 0.921. The molecule has 0 saturated heterocycles. The summed E-state index contributed by atoms with van der Waals surface area (Å²) in [6, 6.07) is 0. The highest BCUT2D eigenvalue weighted by Crippen LogP contribution is 2.40. The molecule has 2 saturated carbocycles. The van der Waals surface area contributed by atoms with Gasteiger partial charge in [-0.1, -0.05) is 12.8 Å². The third-order valence-corrected chi connectivity index (χ3v) is 5.11. The van der Waals surface area contributed by atoms with E-state index in [0.717, 1.165) is 37.2 Å². The van der Waals surface area contributed by atoms with E-state index in [9.17, 15) is 4.79 Å². The van der Waals surface area contributed by atoms with Crippen molar-refractivity contribution in [1.29, 1.82) is 0 Å². The van der Waals surface area contributed by atoms with Crippen molar-refractivity contribution in [2.45, 2.75) is 64.2 Å². The second-order valence-electron chi connectivity index (χ2n) is 6.29. The highest BCUT2D eigenvalue weighted by atomic mass is 16.5. The third kappa shape index (κ3) is 4.08. The Bertz CT molecular complexity index is 244. The second-order valence-corrected chi connectivity index (χ2v) is 6.29. The maximum atomic E-state index is 11.3. The molecule has 104 valence electrons. The van der Waals surface area contributed by atoms with Crippen molar-refractivity contribution in [2.75, 3.05) is 13.7 Å². The minimum absolute atomic E-state index is 0.500. The van der Waals surface area contributed by atoms with Gasteiger partial charge in [0.15, 0.2) is 0 Å². The van der Waals surface area contributed by atoms with Gasteiger partial charge >= 0.3 is 0 Å². The fourth-order valence-corrected chi connectivity index (χ4v) is 3.90. The average Bonchev–Trinajstić information content (AvgIpc) is 2.41. The van der Waals surface area contributed by atoms with Gasteiger partial charge in [0, 0.05) is 26.6 Å². The van der Waals surface area contributed by atoms with Crippen molar-refractivity contribution in [3.05, 3.63) is 0 Å². The molecule has 0 aliphatic heterocycles. The van der Waals surface area contributed by atoms with E-state index >= 15 is 0 Å². The summed E-state index contributed by atoms with van der Waals surface area (Å²) < 4.78 is 5.13. The van der Waals surface area contributed by atoms with E-state index in [4.69, 9.17) is 4.74 Å². The number of hydrogen-bond donors (Lipinski definition) is 0. The summed E-state index contributed by atoms with van der Waals surface area (Å²) in [6.07, 6.45) is 12.3. The fraction of sp³-hybridized carbons (Fsp3) is 0.938. The van der Waals surface area contributed by atoms with E-state index in [1.165, 1.54) is 51.4 Å². The maximum absolute atomic E-state index is 11.3. The molecule has 18 heavy (non-hydrogen) atoms. The lowest BCUT2D eigenvalue weighted by atomic mass is 9.70. The van der Waals surface area contributed by atoms with Gasteiger partial charge in [0.05, 0.1) is 0 Å². The average molecular weight is 252 g/mol. The van der Waals surface area contributed by atoms with Crippen molar-refractivity contribution in [3.63, 3.8) is 0 Å². The molecule has 0 aromatic rings. The first-order chi connectivity index (χ1) is 8.79. The molecule has 2 rings (SSSR count). The molecule has 2 heteroatoms. The van der Waals surface area contributed by atoms with Crippen LogP contribution in [0.4, 0.5) is 0 Å². The minimum Gasteiger partial charge on any atom is -0.385 e. The summed E-state index contributed by atoms with van der Waals surface area (Å²) >= 11 is 0. The molecular weight excluding hydrogens is 224 g/mol. The summed E-state index contributed by atoms with van der Waals surface area (Å²) in [7, 11) is 1.79. The SMILES string of the molecule is COCCC[C@H]1CC[C@H](C2CCC(=O)CC2)CC1. The Balaban J connectivity index is 1.65.